The number of nitrogens with zero attached hydrogens (tertiary/aromatic N) is 2. The Morgan fingerprint density at radius 2 is 2.09 bits per heavy atom. The Labute approximate surface area is 123 Å². The summed E-state index contributed by atoms with van der Waals surface area (Å²) in [5.74, 6) is -2.35. The topological polar surface area (TPSA) is 89.5 Å². The summed E-state index contributed by atoms with van der Waals surface area (Å²) in [7, 11) is 0. The fourth-order valence-corrected chi connectivity index (χ4v) is 2.55. The summed E-state index contributed by atoms with van der Waals surface area (Å²) in [5, 5.41) is 11.1. The van der Waals surface area contributed by atoms with Crippen molar-refractivity contribution in [1.82, 2.24) is 0 Å². The molecule has 9 heteroatoms. The smallest absolute Gasteiger partial charge is 0.366 e. The Balaban J connectivity index is 2.35. The lowest BCUT2D eigenvalue weighted by molar-refractivity contribution is -0.384. The highest BCUT2D eigenvalue weighted by Crippen LogP contribution is 2.37. The van der Waals surface area contributed by atoms with Gasteiger partial charge in [0, 0.05) is 24.7 Å². The molecule has 6 nitrogen and oxygen atoms in total. The van der Waals surface area contributed by atoms with Gasteiger partial charge in [0.15, 0.2) is 0 Å². The highest BCUT2D eigenvalue weighted by Gasteiger charge is 2.42. The van der Waals surface area contributed by atoms with E-state index >= 15 is 0 Å². The van der Waals surface area contributed by atoms with Crippen molar-refractivity contribution in [3.63, 3.8) is 0 Å². The largest absolute Gasteiger partial charge is 0.393 e. The minimum Gasteiger partial charge on any atom is -0.366 e. The van der Waals surface area contributed by atoms with E-state index in [9.17, 15) is 28.1 Å². The number of nitro benzene ring substituents is 1. The van der Waals surface area contributed by atoms with Crippen LogP contribution in [0.1, 0.15) is 23.2 Å². The predicted molar refractivity (Wildman–Crippen MR) is 72.6 cm³/mol. The van der Waals surface area contributed by atoms with E-state index in [0.29, 0.717) is 13.0 Å². The monoisotopic (exact) mass is 317 g/mol. The van der Waals surface area contributed by atoms with Gasteiger partial charge >= 0.3 is 6.18 Å². The maximum Gasteiger partial charge on any atom is 0.393 e. The van der Waals surface area contributed by atoms with Gasteiger partial charge in [0.1, 0.15) is 5.69 Å². The molecular weight excluding hydrogens is 303 g/mol. The number of benzene rings is 1. The first-order valence-corrected chi connectivity index (χ1v) is 6.60. The number of nitro groups is 1. The van der Waals surface area contributed by atoms with Crippen LogP contribution in [0.4, 0.5) is 24.5 Å². The van der Waals surface area contributed by atoms with E-state index < -0.39 is 28.6 Å². The third-order valence-corrected chi connectivity index (χ3v) is 3.68. The van der Waals surface area contributed by atoms with Gasteiger partial charge < -0.3 is 10.6 Å². The first-order valence-electron chi connectivity index (χ1n) is 6.60. The van der Waals surface area contributed by atoms with E-state index in [0.717, 1.165) is 6.07 Å². The number of anilines is 1. The van der Waals surface area contributed by atoms with Gasteiger partial charge in [-0.05, 0) is 25.0 Å². The molecule has 2 rings (SSSR count). The van der Waals surface area contributed by atoms with Crippen molar-refractivity contribution in [2.75, 3.05) is 18.0 Å². The number of primary amides is 1. The Bertz CT molecular complexity index is 604. The zero-order valence-corrected chi connectivity index (χ0v) is 11.5. The number of carbonyl (C=O) groups excluding carboxylic acids is 1. The van der Waals surface area contributed by atoms with Gasteiger partial charge in [0.05, 0.1) is 10.8 Å². The number of hydrogen-bond donors (Lipinski definition) is 1. The molecule has 0 aromatic heterocycles. The molecule has 120 valence electrons. The van der Waals surface area contributed by atoms with Gasteiger partial charge in [-0.15, -0.1) is 0 Å². The summed E-state index contributed by atoms with van der Waals surface area (Å²) < 4.78 is 38.5. The molecule has 0 unspecified atom stereocenters. The van der Waals surface area contributed by atoms with E-state index in [1.807, 2.05) is 0 Å². The molecule has 0 radical (unpaired) electrons. The van der Waals surface area contributed by atoms with Crippen molar-refractivity contribution in [3.8, 4) is 0 Å². The molecule has 1 aromatic rings. The van der Waals surface area contributed by atoms with E-state index in [-0.39, 0.29) is 24.2 Å². The van der Waals surface area contributed by atoms with Crippen LogP contribution < -0.4 is 10.6 Å². The summed E-state index contributed by atoms with van der Waals surface area (Å²) in [6.07, 6.45) is -4.04. The molecule has 0 aliphatic carbocycles. The Kier molecular flexibility index (Phi) is 4.25. The molecule has 1 saturated heterocycles. The first kappa shape index (κ1) is 16.1. The molecule has 1 aliphatic heterocycles. The van der Waals surface area contributed by atoms with Crippen LogP contribution in [0.5, 0.6) is 0 Å². The van der Waals surface area contributed by atoms with Crippen LogP contribution in [0.2, 0.25) is 0 Å². The van der Waals surface area contributed by atoms with Crippen LogP contribution >= 0.6 is 0 Å². The lowest BCUT2D eigenvalue weighted by atomic mass is 9.96. The number of halogens is 3. The number of alkyl halides is 3. The van der Waals surface area contributed by atoms with Crippen LogP contribution in [0.15, 0.2) is 18.2 Å². The summed E-state index contributed by atoms with van der Waals surface area (Å²) >= 11 is 0. The standard InChI is InChI=1S/C13H14F3N3O3/c14-13(15,16)9-2-1-5-18(7-9)10-4-3-8(12(17)20)6-11(10)19(21)22/h3-4,6,9H,1-2,5,7H2,(H2,17,20)/t9-/m0/s1. The minimum atomic E-state index is -4.33. The maximum atomic E-state index is 12.8. The Hall–Kier alpha value is -2.32. The average molecular weight is 317 g/mol. The normalized spacial score (nSPS) is 19.0. The fourth-order valence-electron chi connectivity index (χ4n) is 2.55. The van der Waals surface area contributed by atoms with Crippen LogP contribution in [0, 0.1) is 16.0 Å². The van der Waals surface area contributed by atoms with Gasteiger partial charge in [0.2, 0.25) is 5.91 Å². The highest BCUT2D eigenvalue weighted by atomic mass is 19.4. The van der Waals surface area contributed by atoms with Crippen molar-refractivity contribution in [2.24, 2.45) is 11.7 Å². The van der Waals surface area contributed by atoms with Crippen LogP contribution in [0.25, 0.3) is 0 Å². The summed E-state index contributed by atoms with van der Waals surface area (Å²) in [4.78, 5) is 22.8. The van der Waals surface area contributed by atoms with Gasteiger partial charge in [0.25, 0.3) is 5.69 Å². The Morgan fingerprint density at radius 3 is 2.64 bits per heavy atom. The molecule has 1 heterocycles. The van der Waals surface area contributed by atoms with Crippen LogP contribution in [0.3, 0.4) is 0 Å². The molecule has 0 spiro atoms. The molecule has 1 aromatic carbocycles. The molecule has 1 amide bonds. The SMILES string of the molecule is NC(=O)c1ccc(N2CCC[C@H](C(F)(F)F)C2)c([N+](=O)[O-])c1. The van der Waals surface area contributed by atoms with Gasteiger partial charge in [-0.2, -0.15) is 13.2 Å². The molecule has 0 saturated carbocycles. The number of amides is 1. The van der Waals surface area contributed by atoms with Gasteiger partial charge in [-0.3, -0.25) is 14.9 Å². The summed E-state index contributed by atoms with van der Waals surface area (Å²) in [6.45, 7) is -0.0381. The van der Waals surface area contributed by atoms with E-state index in [2.05, 4.69) is 0 Å². The van der Waals surface area contributed by atoms with Crippen LogP contribution in [-0.2, 0) is 0 Å². The molecule has 1 atom stereocenters. The molecule has 0 bridgehead atoms. The van der Waals surface area contributed by atoms with Crippen molar-refractivity contribution >= 4 is 17.3 Å². The van der Waals surface area contributed by atoms with E-state index in [1.165, 1.54) is 17.0 Å². The summed E-state index contributed by atoms with van der Waals surface area (Å²) in [6, 6.07) is 3.55. The molecular formula is C13H14F3N3O3. The molecule has 22 heavy (non-hydrogen) atoms. The van der Waals surface area contributed by atoms with Crippen molar-refractivity contribution in [1.29, 1.82) is 0 Å². The third-order valence-electron chi connectivity index (χ3n) is 3.68. The van der Waals surface area contributed by atoms with Crippen LogP contribution in [-0.4, -0.2) is 30.1 Å². The minimum absolute atomic E-state index is 0.00711. The third kappa shape index (κ3) is 3.29. The predicted octanol–water partition coefficient (Wildman–Crippen LogP) is 2.47. The maximum absolute atomic E-state index is 12.8. The second kappa shape index (κ2) is 5.82. The van der Waals surface area contributed by atoms with Gasteiger partial charge in [-0.1, -0.05) is 0 Å². The second-order valence-corrected chi connectivity index (χ2v) is 5.15. The Morgan fingerprint density at radius 1 is 1.41 bits per heavy atom. The van der Waals surface area contributed by atoms with Crippen molar-refractivity contribution in [3.05, 3.63) is 33.9 Å². The van der Waals surface area contributed by atoms with Crippen molar-refractivity contribution in [2.45, 2.75) is 19.0 Å². The lowest BCUT2D eigenvalue weighted by Gasteiger charge is -2.34. The van der Waals surface area contributed by atoms with Crippen molar-refractivity contribution < 1.29 is 22.9 Å². The highest BCUT2D eigenvalue weighted by molar-refractivity contribution is 5.94. The average Bonchev–Trinajstić information content (AvgIpc) is 2.45. The lowest BCUT2D eigenvalue weighted by Crippen LogP contribution is -2.42. The number of rotatable bonds is 3. The number of carbonyl (C=O) groups is 1. The fraction of sp³-hybridized carbons (Fsp3) is 0.462. The second-order valence-electron chi connectivity index (χ2n) is 5.15. The number of piperidine rings is 1. The number of nitrogens with two attached hydrogens (primary N) is 1. The molecule has 2 N–H and O–H groups in total. The molecule has 1 aliphatic rings. The first-order chi connectivity index (χ1) is 10.2. The molecule has 1 fully saturated rings. The van der Waals surface area contributed by atoms with Gasteiger partial charge in [-0.25, -0.2) is 0 Å². The summed E-state index contributed by atoms with van der Waals surface area (Å²) in [5.41, 5.74) is 4.67. The zero-order chi connectivity index (χ0) is 16.5. The van der Waals surface area contributed by atoms with E-state index in [4.69, 9.17) is 5.73 Å². The zero-order valence-electron chi connectivity index (χ0n) is 11.5. The number of hydrogen-bond acceptors (Lipinski definition) is 4. The quantitative estimate of drug-likeness (QED) is 0.685. The van der Waals surface area contributed by atoms with E-state index in [1.54, 1.807) is 0 Å².